The van der Waals surface area contributed by atoms with Crippen molar-refractivity contribution in [3.63, 3.8) is 0 Å². The number of benzene rings is 2. The van der Waals surface area contributed by atoms with Gasteiger partial charge in [0.15, 0.2) is 0 Å². The Kier molecular flexibility index (Phi) is 6.69. The Morgan fingerprint density at radius 2 is 1.70 bits per heavy atom. The molecule has 1 saturated heterocycles. The van der Waals surface area contributed by atoms with Gasteiger partial charge in [0.05, 0.1) is 11.6 Å². The van der Waals surface area contributed by atoms with Gasteiger partial charge in [-0.05, 0) is 36.8 Å². The zero-order valence-electron chi connectivity index (χ0n) is 18.1. The summed E-state index contributed by atoms with van der Waals surface area (Å²) in [4.78, 5) is 27.6. The number of sulfonamides is 1. The van der Waals surface area contributed by atoms with Crippen LogP contribution in [0.4, 0.5) is 0 Å². The number of carbonyl (C=O) groups excluding carboxylic acids is 1. The number of aryl methyl sites for hydroxylation is 1. The molecule has 0 aliphatic carbocycles. The number of hydrogen-bond acceptors (Lipinski definition) is 4. The largest absolute Gasteiger partial charge is 0.336 e. The third kappa shape index (κ3) is 4.88. The maximum atomic E-state index is 13.1. The second-order valence-electron chi connectivity index (χ2n) is 7.97. The summed E-state index contributed by atoms with van der Waals surface area (Å²) < 4.78 is 28.7. The van der Waals surface area contributed by atoms with E-state index in [1.807, 2.05) is 31.2 Å². The molecule has 4 rings (SSSR count). The van der Waals surface area contributed by atoms with Gasteiger partial charge in [-0.1, -0.05) is 53.6 Å². The Hall–Kier alpha value is -2.94. The van der Waals surface area contributed by atoms with Gasteiger partial charge in [-0.3, -0.25) is 9.59 Å². The zero-order valence-corrected chi connectivity index (χ0v) is 19.7. The first-order chi connectivity index (χ1) is 15.8. The van der Waals surface area contributed by atoms with Crippen LogP contribution in [0.5, 0.6) is 0 Å². The van der Waals surface area contributed by atoms with Crippen LogP contribution in [-0.4, -0.2) is 54.3 Å². The molecule has 0 bridgehead atoms. The van der Waals surface area contributed by atoms with E-state index in [1.165, 1.54) is 32.0 Å². The summed E-state index contributed by atoms with van der Waals surface area (Å²) in [6.45, 7) is 2.99. The highest BCUT2D eigenvalue weighted by Crippen LogP contribution is 2.25. The van der Waals surface area contributed by atoms with Crippen LogP contribution in [0.3, 0.4) is 0 Å². The molecule has 0 N–H and O–H groups in total. The Labute approximate surface area is 197 Å². The predicted molar refractivity (Wildman–Crippen MR) is 127 cm³/mol. The van der Waals surface area contributed by atoms with E-state index in [-0.39, 0.29) is 47.2 Å². The van der Waals surface area contributed by atoms with E-state index in [1.54, 1.807) is 24.4 Å². The summed E-state index contributed by atoms with van der Waals surface area (Å²) in [5.74, 6) is -0.395. The molecule has 9 heteroatoms. The van der Waals surface area contributed by atoms with E-state index in [0.29, 0.717) is 6.54 Å². The minimum absolute atomic E-state index is 0.0496. The number of hydrogen-bond donors (Lipinski definition) is 0. The topological polar surface area (TPSA) is 79.7 Å². The molecule has 1 amide bonds. The number of aromatic nitrogens is 1. The van der Waals surface area contributed by atoms with E-state index < -0.39 is 15.9 Å². The maximum Gasteiger partial charge on any atom is 0.263 e. The van der Waals surface area contributed by atoms with Gasteiger partial charge in [0.2, 0.25) is 10.0 Å². The lowest BCUT2D eigenvalue weighted by molar-refractivity contribution is 0.0695. The molecule has 1 aliphatic rings. The summed E-state index contributed by atoms with van der Waals surface area (Å²) >= 11 is 6.08. The number of rotatable bonds is 5. The summed E-state index contributed by atoms with van der Waals surface area (Å²) in [7, 11) is -3.76. The molecule has 33 heavy (non-hydrogen) atoms. The van der Waals surface area contributed by atoms with Crippen LogP contribution in [-0.2, 0) is 16.6 Å². The number of carbonyl (C=O) groups is 1. The Morgan fingerprint density at radius 3 is 2.39 bits per heavy atom. The predicted octanol–water partition coefficient (Wildman–Crippen LogP) is 3.01. The summed E-state index contributed by atoms with van der Waals surface area (Å²) in [5, 5.41) is 0.162. The molecule has 1 fully saturated rings. The van der Waals surface area contributed by atoms with Crippen LogP contribution in [0.1, 0.15) is 21.5 Å². The quantitative estimate of drug-likeness (QED) is 0.556. The SMILES string of the molecule is Cc1cccc(Cn2cccc(C(=O)N3CCN(S(=O)(=O)c4ccccc4Cl)CC3)c2=O)c1. The lowest BCUT2D eigenvalue weighted by Crippen LogP contribution is -2.51. The third-order valence-corrected chi connectivity index (χ3v) is 8.06. The first-order valence-electron chi connectivity index (χ1n) is 10.6. The molecule has 3 aromatic rings. The Bertz CT molecular complexity index is 1350. The average molecular weight is 486 g/mol. The van der Waals surface area contributed by atoms with Crippen molar-refractivity contribution in [2.75, 3.05) is 26.2 Å². The van der Waals surface area contributed by atoms with Crippen LogP contribution in [0, 0.1) is 6.92 Å². The number of halogens is 1. The molecular formula is C24H24ClN3O4S. The average Bonchev–Trinajstić information content (AvgIpc) is 2.80. The minimum Gasteiger partial charge on any atom is -0.336 e. The van der Waals surface area contributed by atoms with Gasteiger partial charge in [0, 0.05) is 32.4 Å². The van der Waals surface area contributed by atoms with Gasteiger partial charge in [-0.15, -0.1) is 0 Å². The standard InChI is InChI=1S/C24H24ClN3O4S/c1-18-6-4-7-19(16-18)17-27-11-5-8-20(24(27)30)23(29)26-12-14-28(15-13-26)33(31,32)22-10-3-2-9-21(22)25/h2-11,16H,12-15,17H2,1H3. The molecule has 0 saturated carbocycles. The molecule has 172 valence electrons. The lowest BCUT2D eigenvalue weighted by atomic mass is 10.1. The van der Waals surface area contributed by atoms with Crippen LogP contribution < -0.4 is 5.56 Å². The maximum absolute atomic E-state index is 13.1. The lowest BCUT2D eigenvalue weighted by Gasteiger charge is -2.34. The van der Waals surface area contributed by atoms with E-state index in [0.717, 1.165) is 11.1 Å². The zero-order chi connectivity index (χ0) is 23.6. The van der Waals surface area contributed by atoms with Crippen LogP contribution in [0.25, 0.3) is 0 Å². The van der Waals surface area contributed by atoms with Gasteiger partial charge in [-0.25, -0.2) is 8.42 Å². The number of nitrogens with zero attached hydrogens (tertiary/aromatic N) is 3. The molecule has 0 unspecified atom stereocenters. The molecule has 7 nitrogen and oxygen atoms in total. The van der Waals surface area contributed by atoms with E-state index in [4.69, 9.17) is 11.6 Å². The fraction of sp³-hybridized carbons (Fsp3) is 0.250. The van der Waals surface area contributed by atoms with Gasteiger partial charge in [0.25, 0.3) is 11.5 Å². The summed E-state index contributed by atoms with van der Waals surface area (Å²) in [6.07, 6.45) is 1.66. The summed E-state index contributed by atoms with van der Waals surface area (Å²) in [5.41, 5.74) is 1.78. The molecular weight excluding hydrogens is 462 g/mol. The molecule has 0 radical (unpaired) electrons. The van der Waals surface area contributed by atoms with E-state index in [2.05, 4.69) is 0 Å². The van der Waals surface area contributed by atoms with Gasteiger partial charge < -0.3 is 9.47 Å². The number of amides is 1. The monoisotopic (exact) mass is 485 g/mol. The van der Waals surface area contributed by atoms with E-state index >= 15 is 0 Å². The van der Waals surface area contributed by atoms with Crippen molar-refractivity contribution in [2.45, 2.75) is 18.4 Å². The number of pyridine rings is 1. The van der Waals surface area contributed by atoms with Crippen LogP contribution in [0.15, 0.2) is 76.6 Å². The highest BCUT2D eigenvalue weighted by Gasteiger charge is 2.32. The van der Waals surface area contributed by atoms with Crippen LogP contribution in [0.2, 0.25) is 5.02 Å². The fourth-order valence-electron chi connectivity index (χ4n) is 3.93. The second-order valence-corrected chi connectivity index (χ2v) is 10.3. The molecule has 0 spiro atoms. The molecule has 1 aliphatic heterocycles. The highest BCUT2D eigenvalue weighted by molar-refractivity contribution is 7.89. The second kappa shape index (κ2) is 9.51. The van der Waals surface area contributed by atoms with Crippen molar-refractivity contribution in [1.29, 1.82) is 0 Å². The van der Waals surface area contributed by atoms with Crippen molar-refractivity contribution in [1.82, 2.24) is 13.8 Å². The first-order valence-corrected chi connectivity index (χ1v) is 12.4. The smallest absolute Gasteiger partial charge is 0.263 e. The first kappa shape index (κ1) is 23.2. The van der Waals surface area contributed by atoms with Gasteiger partial charge in [0.1, 0.15) is 10.5 Å². The Morgan fingerprint density at radius 1 is 0.970 bits per heavy atom. The molecule has 2 aromatic carbocycles. The van der Waals surface area contributed by atoms with Crippen molar-refractivity contribution in [2.24, 2.45) is 0 Å². The number of piperazine rings is 1. The molecule has 1 aromatic heterocycles. The minimum atomic E-state index is -3.76. The van der Waals surface area contributed by atoms with Crippen molar-refractivity contribution in [3.8, 4) is 0 Å². The van der Waals surface area contributed by atoms with Crippen molar-refractivity contribution in [3.05, 3.63) is 98.9 Å². The van der Waals surface area contributed by atoms with Crippen molar-refractivity contribution >= 4 is 27.5 Å². The van der Waals surface area contributed by atoms with Gasteiger partial charge >= 0.3 is 0 Å². The fourth-order valence-corrected chi connectivity index (χ4v) is 5.84. The van der Waals surface area contributed by atoms with Crippen molar-refractivity contribution < 1.29 is 13.2 Å². The molecule has 0 atom stereocenters. The third-order valence-electron chi connectivity index (χ3n) is 5.67. The van der Waals surface area contributed by atoms with E-state index in [9.17, 15) is 18.0 Å². The van der Waals surface area contributed by atoms with Gasteiger partial charge in [-0.2, -0.15) is 4.31 Å². The Balaban J connectivity index is 1.48. The van der Waals surface area contributed by atoms with Crippen LogP contribution >= 0.6 is 11.6 Å². The normalized spacial score (nSPS) is 14.9. The highest BCUT2D eigenvalue weighted by atomic mass is 35.5. The summed E-state index contributed by atoms with van der Waals surface area (Å²) in [6, 6.07) is 17.3. The molecule has 2 heterocycles.